The van der Waals surface area contributed by atoms with Crippen LogP contribution in [0.2, 0.25) is 0 Å². The van der Waals surface area contributed by atoms with Crippen molar-refractivity contribution in [1.82, 2.24) is 4.90 Å². The fraction of sp³-hybridized carbons (Fsp3) is 0.429. The van der Waals surface area contributed by atoms with Crippen molar-refractivity contribution in [3.05, 3.63) is 30.1 Å². The SMILES string of the molecule is O=C(O)CC1CCN(C(=O)Nc2ccc(F)cc2)CC1. The summed E-state index contributed by atoms with van der Waals surface area (Å²) in [5, 5.41) is 11.4. The first kappa shape index (κ1) is 14.3. The Bertz CT molecular complexity index is 482. The molecule has 1 fully saturated rings. The highest BCUT2D eigenvalue weighted by Gasteiger charge is 2.24. The summed E-state index contributed by atoms with van der Waals surface area (Å²) in [7, 11) is 0. The van der Waals surface area contributed by atoms with Crippen LogP contribution in [0.3, 0.4) is 0 Å². The van der Waals surface area contributed by atoms with Crippen LogP contribution in [-0.4, -0.2) is 35.1 Å². The number of benzene rings is 1. The van der Waals surface area contributed by atoms with E-state index in [4.69, 9.17) is 5.11 Å². The largest absolute Gasteiger partial charge is 0.481 e. The number of carbonyl (C=O) groups is 2. The normalized spacial score (nSPS) is 15.9. The van der Waals surface area contributed by atoms with Crippen LogP contribution in [-0.2, 0) is 4.79 Å². The number of likely N-dealkylation sites (tertiary alicyclic amines) is 1. The van der Waals surface area contributed by atoms with Gasteiger partial charge in [0, 0.05) is 25.2 Å². The summed E-state index contributed by atoms with van der Waals surface area (Å²) in [4.78, 5) is 24.3. The van der Waals surface area contributed by atoms with Gasteiger partial charge in [-0.3, -0.25) is 4.79 Å². The zero-order valence-electron chi connectivity index (χ0n) is 11.0. The molecular formula is C14H17FN2O3. The van der Waals surface area contributed by atoms with Crippen molar-refractivity contribution >= 4 is 17.7 Å². The maximum atomic E-state index is 12.8. The second-order valence-electron chi connectivity index (χ2n) is 4.97. The van der Waals surface area contributed by atoms with Gasteiger partial charge in [0.05, 0.1) is 0 Å². The van der Waals surface area contributed by atoms with Crippen molar-refractivity contribution in [2.75, 3.05) is 18.4 Å². The minimum absolute atomic E-state index is 0.141. The predicted octanol–water partition coefficient (Wildman–Crippen LogP) is 2.54. The number of nitrogens with zero attached hydrogens (tertiary/aromatic N) is 1. The van der Waals surface area contributed by atoms with Gasteiger partial charge in [0.1, 0.15) is 5.82 Å². The molecule has 0 aromatic heterocycles. The van der Waals surface area contributed by atoms with E-state index in [9.17, 15) is 14.0 Å². The zero-order chi connectivity index (χ0) is 14.5. The molecular weight excluding hydrogens is 263 g/mol. The first-order valence-electron chi connectivity index (χ1n) is 6.58. The van der Waals surface area contributed by atoms with Crippen LogP contribution in [0.25, 0.3) is 0 Å². The van der Waals surface area contributed by atoms with E-state index < -0.39 is 5.97 Å². The molecule has 2 rings (SSSR count). The molecule has 5 nitrogen and oxygen atoms in total. The predicted molar refractivity (Wildman–Crippen MR) is 72.0 cm³/mol. The Morgan fingerprint density at radius 2 is 1.85 bits per heavy atom. The number of hydrogen-bond acceptors (Lipinski definition) is 2. The standard InChI is InChI=1S/C14H17FN2O3/c15-11-1-3-12(4-2-11)16-14(20)17-7-5-10(6-8-17)9-13(18)19/h1-4,10H,5-9H2,(H,16,20)(H,18,19). The van der Waals surface area contributed by atoms with E-state index in [1.54, 1.807) is 4.90 Å². The molecule has 0 bridgehead atoms. The third-order valence-electron chi connectivity index (χ3n) is 3.46. The summed E-state index contributed by atoms with van der Waals surface area (Å²) in [6.07, 6.45) is 1.56. The monoisotopic (exact) mass is 280 g/mol. The smallest absolute Gasteiger partial charge is 0.321 e. The van der Waals surface area contributed by atoms with Gasteiger partial charge in [-0.15, -0.1) is 0 Å². The molecule has 1 saturated heterocycles. The molecule has 1 aromatic rings. The lowest BCUT2D eigenvalue weighted by atomic mass is 9.94. The van der Waals surface area contributed by atoms with Gasteiger partial charge >= 0.3 is 12.0 Å². The molecule has 0 saturated carbocycles. The Kier molecular flexibility index (Phi) is 4.55. The quantitative estimate of drug-likeness (QED) is 0.894. The number of urea groups is 1. The van der Waals surface area contributed by atoms with Gasteiger partial charge in [-0.2, -0.15) is 0 Å². The van der Waals surface area contributed by atoms with Crippen molar-refractivity contribution in [2.24, 2.45) is 5.92 Å². The fourth-order valence-corrected chi connectivity index (χ4v) is 2.32. The molecule has 6 heteroatoms. The van der Waals surface area contributed by atoms with E-state index >= 15 is 0 Å². The molecule has 20 heavy (non-hydrogen) atoms. The van der Waals surface area contributed by atoms with Crippen LogP contribution in [0.1, 0.15) is 19.3 Å². The lowest BCUT2D eigenvalue weighted by molar-refractivity contribution is -0.138. The van der Waals surface area contributed by atoms with Crippen molar-refractivity contribution in [3.8, 4) is 0 Å². The number of anilines is 1. The van der Waals surface area contributed by atoms with E-state index in [2.05, 4.69) is 5.32 Å². The third-order valence-corrected chi connectivity index (χ3v) is 3.46. The average molecular weight is 280 g/mol. The molecule has 0 aliphatic carbocycles. The van der Waals surface area contributed by atoms with Crippen molar-refractivity contribution in [1.29, 1.82) is 0 Å². The number of carboxylic acid groups (broad SMARTS) is 1. The Hall–Kier alpha value is -2.11. The van der Waals surface area contributed by atoms with Gasteiger partial charge in [0.25, 0.3) is 0 Å². The minimum Gasteiger partial charge on any atom is -0.481 e. The van der Waals surface area contributed by atoms with Crippen molar-refractivity contribution in [3.63, 3.8) is 0 Å². The van der Waals surface area contributed by atoms with Crippen LogP contribution >= 0.6 is 0 Å². The lowest BCUT2D eigenvalue weighted by Gasteiger charge is -2.31. The number of amides is 2. The molecule has 108 valence electrons. The van der Waals surface area contributed by atoms with Gasteiger partial charge in [0.15, 0.2) is 0 Å². The van der Waals surface area contributed by atoms with Crippen LogP contribution in [0.15, 0.2) is 24.3 Å². The number of hydrogen-bond donors (Lipinski definition) is 2. The van der Waals surface area contributed by atoms with Gasteiger partial charge in [0.2, 0.25) is 0 Å². The second-order valence-corrected chi connectivity index (χ2v) is 4.97. The summed E-state index contributed by atoms with van der Waals surface area (Å²) in [6.45, 7) is 1.09. The summed E-state index contributed by atoms with van der Waals surface area (Å²) in [5.74, 6) is -1.00. The summed E-state index contributed by atoms with van der Waals surface area (Å²) < 4.78 is 12.8. The molecule has 0 unspecified atom stereocenters. The Balaban J connectivity index is 1.82. The topological polar surface area (TPSA) is 69.6 Å². The highest BCUT2D eigenvalue weighted by atomic mass is 19.1. The van der Waals surface area contributed by atoms with Gasteiger partial charge in [-0.05, 0) is 43.0 Å². The third kappa shape index (κ3) is 3.94. The fourth-order valence-electron chi connectivity index (χ4n) is 2.32. The van der Waals surface area contributed by atoms with Crippen LogP contribution in [0.5, 0.6) is 0 Å². The number of carboxylic acids is 1. The minimum atomic E-state index is -0.792. The number of rotatable bonds is 3. The average Bonchev–Trinajstić information content (AvgIpc) is 2.41. The molecule has 0 radical (unpaired) electrons. The molecule has 1 heterocycles. The Morgan fingerprint density at radius 1 is 1.25 bits per heavy atom. The molecule has 0 atom stereocenters. The molecule has 1 aliphatic rings. The van der Waals surface area contributed by atoms with E-state index in [-0.39, 0.29) is 24.2 Å². The summed E-state index contributed by atoms with van der Waals surface area (Å²) in [6, 6.07) is 5.35. The van der Waals surface area contributed by atoms with E-state index in [1.165, 1.54) is 24.3 Å². The van der Waals surface area contributed by atoms with Gasteiger partial charge in [-0.25, -0.2) is 9.18 Å². The number of carbonyl (C=O) groups excluding carboxylic acids is 1. The molecule has 0 spiro atoms. The van der Waals surface area contributed by atoms with Gasteiger partial charge in [-0.1, -0.05) is 0 Å². The van der Waals surface area contributed by atoms with E-state index in [0.717, 1.165) is 0 Å². The zero-order valence-corrected chi connectivity index (χ0v) is 11.0. The first-order valence-corrected chi connectivity index (χ1v) is 6.58. The first-order chi connectivity index (χ1) is 9.54. The molecule has 1 aromatic carbocycles. The molecule has 1 aliphatic heterocycles. The highest BCUT2D eigenvalue weighted by molar-refractivity contribution is 5.89. The Labute approximate surface area is 116 Å². The van der Waals surface area contributed by atoms with Gasteiger partial charge < -0.3 is 15.3 Å². The lowest BCUT2D eigenvalue weighted by Crippen LogP contribution is -2.41. The highest BCUT2D eigenvalue weighted by Crippen LogP contribution is 2.21. The number of piperidine rings is 1. The van der Waals surface area contributed by atoms with E-state index in [1.807, 2.05) is 0 Å². The second kappa shape index (κ2) is 6.36. The maximum absolute atomic E-state index is 12.8. The van der Waals surface area contributed by atoms with Crippen molar-refractivity contribution < 1.29 is 19.1 Å². The van der Waals surface area contributed by atoms with Crippen LogP contribution < -0.4 is 5.32 Å². The number of nitrogens with one attached hydrogen (secondary N) is 1. The number of aliphatic carboxylic acids is 1. The number of halogens is 1. The summed E-state index contributed by atoms with van der Waals surface area (Å²) in [5.41, 5.74) is 0.545. The molecule has 2 amide bonds. The Morgan fingerprint density at radius 3 is 2.40 bits per heavy atom. The van der Waals surface area contributed by atoms with E-state index in [0.29, 0.717) is 31.6 Å². The summed E-state index contributed by atoms with van der Waals surface area (Å²) >= 11 is 0. The van der Waals surface area contributed by atoms with Crippen molar-refractivity contribution in [2.45, 2.75) is 19.3 Å². The maximum Gasteiger partial charge on any atom is 0.321 e. The van der Waals surface area contributed by atoms with Crippen LogP contribution in [0, 0.1) is 11.7 Å². The van der Waals surface area contributed by atoms with Crippen LogP contribution in [0.4, 0.5) is 14.9 Å². The molecule has 2 N–H and O–H groups in total.